The summed E-state index contributed by atoms with van der Waals surface area (Å²) in [6, 6.07) is 14.6. The van der Waals surface area contributed by atoms with Crippen LogP contribution < -0.4 is 11.3 Å². The summed E-state index contributed by atoms with van der Waals surface area (Å²) in [5, 5.41) is 2.44. The quantitative estimate of drug-likeness (QED) is 0.318. The summed E-state index contributed by atoms with van der Waals surface area (Å²) in [6.45, 7) is 0.619. The van der Waals surface area contributed by atoms with Crippen LogP contribution in [0.2, 0.25) is 0 Å². The molecular weight excluding hydrogens is 365 g/mol. The van der Waals surface area contributed by atoms with Crippen molar-refractivity contribution >= 4 is 50.3 Å². The Morgan fingerprint density at radius 3 is 2.70 bits per heavy atom. The van der Waals surface area contributed by atoms with Crippen molar-refractivity contribution in [2.45, 2.75) is 13.0 Å². The van der Waals surface area contributed by atoms with E-state index in [1.165, 1.54) is 14.3 Å². The van der Waals surface area contributed by atoms with Crippen LogP contribution in [0.15, 0.2) is 42.5 Å². The summed E-state index contributed by atoms with van der Waals surface area (Å²) < 4.78 is 3.38. The highest BCUT2D eigenvalue weighted by Gasteiger charge is 2.11. The third-order valence-corrected chi connectivity index (χ3v) is 4.13. The number of benzene rings is 2. The number of fused-ring (bicyclic) bond motifs is 3. The third kappa shape index (κ3) is 2.27. The molecule has 1 amide bonds. The largest absolute Gasteiger partial charge is 0.340 e. The highest BCUT2D eigenvalue weighted by molar-refractivity contribution is 14.1. The monoisotopic (exact) mass is 379 g/mol. The van der Waals surface area contributed by atoms with Gasteiger partial charge in [0.05, 0.1) is 0 Å². The summed E-state index contributed by atoms with van der Waals surface area (Å²) in [5.41, 5.74) is 4.48. The molecule has 0 aliphatic rings. The van der Waals surface area contributed by atoms with Gasteiger partial charge in [-0.3, -0.25) is 10.2 Å². The topological polar surface area (TPSA) is 60.0 Å². The fourth-order valence-corrected chi connectivity index (χ4v) is 3.04. The molecule has 1 heterocycles. The minimum atomic E-state index is -0.151. The van der Waals surface area contributed by atoms with Crippen LogP contribution in [0.5, 0.6) is 0 Å². The van der Waals surface area contributed by atoms with Crippen molar-refractivity contribution in [2.75, 3.05) is 0 Å². The fraction of sp³-hybridized carbons (Fsp3) is 0.133. The molecule has 0 saturated carbocycles. The van der Waals surface area contributed by atoms with Gasteiger partial charge in [-0.1, -0.05) is 18.2 Å². The Morgan fingerprint density at radius 2 is 1.90 bits per heavy atom. The van der Waals surface area contributed by atoms with Crippen LogP contribution in [0.1, 0.15) is 6.42 Å². The predicted molar refractivity (Wildman–Crippen MR) is 89.1 cm³/mol. The Labute approximate surface area is 130 Å². The lowest BCUT2D eigenvalue weighted by Gasteiger charge is -2.06. The smallest absolute Gasteiger partial charge is 0.235 e. The molecule has 0 saturated heterocycles. The van der Waals surface area contributed by atoms with Crippen molar-refractivity contribution in [1.82, 2.24) is 9.99 Å². The van der Waals surface area contributed by atoms with Crippen molar-refractivity contribution < 1.29 is 4.79 Å². The number of hydrogen-bond donors (Lipinski definition) is 2. The molecule has 0 fully saturated rings. The molecule has 102 valence electrons. The SMILES string of the molecule is NNC(=O)CCn1c2ccccc2c2cc(I)ccc21. The first-order valence-electron chi connectivity index (χ1n) is 6.36. The zero-order valence-corrected chi connectivity index (χ0v) is 12.9. The number of para-hydroxylation sites is 1. The van der Waals surface area contributed by atoms with Crippen molar-refractivity contribution in [3.05, 3.63) is 46.0 Å². The Balaban J connectivity index is 2.19. The first-order chi connectivity index (χ1) is 9.70. The van der Waals surface area contributed by atoms with Crippen LogP contribution >= 0.6 is 22.6 Å². The summed E-state index contributed by atoms with van der Waals surface area (Å²) in [7, 11) is 0. The van der Waals surface area contributed by atoms with Gasteiger partial charge in [0.2, 0.25) is 5.91 Å². The van der Waals surface area contributed by atoms with E-state index in [0.29, 0.717) is 13.0 Å². The molecule has 0 aliphatic carbocycles. The molecule has 0 spiro atoms. The number of nitrogens with two attached hydrogens (primary N) is 1. The molecule has 0 aliphatic heterocycles. The van der Waals surface area contributed by atoms with Gasteiger partial charge in [-0.2, -0.15) is 0 Å². The Hall–Kier alpha value is -1.60. The number of halogens is 1. The summed E-state index contributed by atoms with van der Waals surface area (Å²) in [5.74, 6) is 5.00. The molecule has 3 N–H and O–H groups in total. The van der Waals surface area contributed by atoms with E-state index in [4.69, 9.17) is 5.84 Å². The van der Waals surface area contributed by atoms with Crippen LogP contribution in [0, 0.1) is 3.57 Å². The van der Waals surface area contributed by atoms with Gasteiger partial charge in [0.15, 0.2) is 0 Å². The molecule has 0 atom stereocenters. The maximum absolute atomic E-state index is 11.4. The Morgan fingerprint density at radius 1 is 1.15 bits per heavy atom. The van der Waals surface area contributed by atoms with E-state index in [-0.39, 0.29) is 5.91 Å². The van der Waals surface area contributed by atoms with Crippen LogP contribution in [-0.4, -0.2) is 10.5 Å². The highest BCUT2D eigenvalue weighted by atomic mass is 127. The first-order valence-corrected chi connectivity index (χ1v) is 7.44. The molecule has 2 aromatic carbocycles. The predicted octanol–water partition coefficient (Wildman–Crippen LogP) is 2.78. The van der Waals surface area contributed by atoms with Gasteiger partial charge in [-0.25, -0.2) is 5.84 Å². The molecule has 20 heavy (non-hydrogen) atoms. The van der Waals surface area contributed by atoms with Gasteiger partial charge in [0.25, 0.3) is 0 Å². The number of aryl methyl sites for hydroxylation is 1. The Kier molecular flexibility index (Phi) is 3.62. The van der Waals surface area contributed by atoms with E-state index >= 15 is 0 Å². The van der Waals surface area contributed by atoms with Crippen LogP contribution in [-0.2, 0) is 11.3 Å². The van der Waals surface area contributed by atoms with Crippen molar-refractivity contribution in [3.63, 3.8) is 0 Å². The highest BCUT2D eigenvalue weighted by Crippen LogP contribution is 2.30. The minimum Gasteiger partial charge on any atom is -0.340 e. The molecule has 5 heteroatoms. The second-order valence-electron chi connectivity index (χ2n) is 4.65. The van der Waals surface area contributed by atoms with Crippen molar-refractivity contribution in [2.24, 2.45) is 5.84 Å². The van der Waals surface area contributed by atoms with E-state index in [2.05, 4.69) is 62.9 Å². The maximum Gasteiger partial charge on any atom is 0.235 e. The van der Waals surface area contributed by atoms with Gasteiger partial charge >= 0.3 is 0 Å². The van der Waals surface area contributed by atoms with E-state index < -0.39 is 0 Å². The number of nitrogens with one attached hydrogen (secondary N) is 1. The van der Waals surface area contributed by atoms with Gasteiger partial charge < -0.3 is 4.57 Å². The number of aromatic nitrogens is 1. The standard InChI is InChI=1S/C15H14IN3O/c16-10-5-6-14-12(9-10)11-3-1-2-4-13(11)19(14)8-7-15(20)18-17/h1-6,9H,7-8,17H2,(H,18,20). The first kappa shape index (κ1) is 13.4. The zero-order chi connectivity index (χ0) is 14.1. The van der Waals surface area contributed by atoms with Crippen molar-refractivity contribution in [3.8, 4) is 0 Å². The minimum absolute atomic E-state index is 0.151. The van der Waals surface area contributed by atoms with E-state index in [1.54, 1.807) is 0 Å². The molecular formula is C15H14IN3O. The molecule has 0 radical (unpaired) electrons. The average molecular weight is 379 g/mol. The number of rotatable bonds is 3. The van der Waals surface area contributed by atoms with Crippen LogP contribution in [0.3, 0.4) is 0 Å². The maximum atomic E-state index is 11.4. The lowest BCUT2D eigenvalue weighted by atomic mass is 10.2. The normalized spacial score (nSPS) is 11.1. The van der Waals surface area contributed by atoms with Crippen molar-refractivity contribution in [1.29, 1.82) is 0 Å². The number of carbonyl (C=O) groups excluding carboxylic acids is 1. The second kappa shape index (κ2) is 5.41. The third-order valence-electron chi connectivity index (χ3n) is 3.46. The number of nitrogens with zero attached hydrogens (tertiary/aromatic N) is 1. The number of carbonyl (C=O) groups is 1. The van der Waals surface area contributed by atoms with Gasteiger partial charge in [0.1, 0.15) is 0 Å². The molecule has 0 bridgehead atoms. The molecule has 0 unspecified atom stereocenters. The van der Waals surface area contributed by atoms with E-state index in [1.807, 2.05) is 12.1 Å². The van der Waals surface area contributed by atoms with Crippen LogP contribution in [0.4, 0.5) is 0 Å². The average Bonchev–Trinajstić information content (AvgIpc) is 2.78. The molecule has 4 nitrogen and oxygen atoms in total. The Bertz CT molecular complexity index is 794. The fourth-order valence-electron chi connectivity index (χ4n) is 2.55. The van der Waals surface area contributed by atoms with Gasteiger partial charge in [-0.15, -0.1) is 0 Å². The van der Waals surface area contributed by atoms with Crippen LogP contribution in [0.25, 0.3) is 21.8 Å². The summed E-state index contributed by atoms with van der Waals surface area (Å²) in [4.78, 5) is 11.4. The molecule has 1 aromatic heterocycles. The lowest BCUT2D eigenvalue weighted by Crippen LogP contribution is -2.30. The summed E-state index contributed by atoms with van der Waals surface area (Å²) in [6.07, 6.45) is 0.371. The number of hydrogen-bond acceptors (Lipinski definition) is 2. The van der Waals surface area contributed by atoms with E-state index in [9.17, 15) is 4.79 Å². The molecule has 3 aromatic rings. The van der Waals surface area contributed by atoms with E-state index in [0.717, 1.165) is 11.0 Å². The molecule has 3 rings (SSSR count). The van der Waals surface area contributed by atoms with Gasteiger partial charge in [-0.05, 0) is 46.9 Å². The zero-order valence-electron chi connectivity index (χ0n) is 10.8. The lowest BCUT2D eigenvalue weighted by molar-refractivity contribution is -0.121. The van der Waals surface area contributed by atoms with Gasteiger partial charge in [0, 0.05) is 38.3 Å². The summed E-state index contributed by atoms with van der Waals surface area (Å²) >= 11 is 2.32. The number of amides is 1. The second-order valence-corrected chi connectivity index (χ2v) is 5.89. The number of hydrazine groups is 1.